The maximum Gasteiger partial charge on any atom is 0.234 e. The molecule has 11 aromatic rings. The molecule has 0 amide bonds. The van der Waals surface area contributed by atoms with Crippen molar-refractivity contribution < 1.29 is 0 Å². The van der Waals surface area contributed by atoms with Crippen molar-refractivity contribution in [2.75, 3.05) is 0 Å². The normalized spacial score (nSPS) is 15.8. The summed E-state index contributed by atoms with van der Waals surface area (Å²) in [6.07, 6.45) is 0.720. The third kappa shape index (κ3) is 3.26. The number of fused-ring (bicyclic) bond motifs is 11. The second-order valence-electron chi connectivity index (χ2n) is 14.3. The standard InChI is InChI=1S/C46H28N6/c1-2-10-27(11-3-1)44-47-45(29-19-18-26-24-28(29)25-26)49-46(48-44)52-38-22-20-32-30-12-4-6-14-34(30)50-36-16-8-9-17-37(36)51-35-15-7-5-13-31(35)33-21-23-39(52)41(43(33)51)40(38)42(32)50/h1-24,45H,25H2,(H,47,48,49). The van der Waals surface area contributed by atoms with Crippen LogP contribution >= 0.6 is 0 Å². The Hall–Kier alpha value is -6.92. The van der Waals surface area contributed by atoms with Crippen LogP contribution < -0.4 is 5.32 Å². The number of benzene rings is 7. The second-order valence-corrected chi connectivity index (χ2v) is 14.3. The van der Waals surface area contributed by atoms with E-state index in [-0.39, 0.29) is 6.17 Å². The highest BCUT2D eigenvalue weighted by Gasteiger charge is 2.30. The van der Waals surface area contributed by atoms with E-state index in [2.05, 4.69) is 164 Å². The number of aromatic nitrogens is 3. The number of nitrogens with zero attached hydrogens (tertiary/aromatic N) is 5. The lowest BCUT2D eigenvalue weighted by Crippen LogP contribution is -2.35. The van der Waals surface area contributed by atoms with Crippen LogP contribution in [-0.2, 0) is 6.42 Å². The Kier molecular flexibility index (Phi) is 4.88. The molecule has 4 aromatic heterocycles. The number of nitrogens with one attached hydrogen (secondary N) is 1. The van der Waals surface area contributed by atoms with E-state index in [4.69, 9.17) is 9.98 Å². The number of aliphatic imine (C=N–C) groups is 2. The van der Waals surface area contributed by atoms with E-state index < -0.39 is 0 Å². The highest BCUT2D eigenvalue weighted by Crippen LogP contribution is 2.46. The van der Waals surface area contributed by atoms with Crippen LogP contribution in [0, 0.1) is 0 Å². The van der Waals surface area contributed by atoms with Crippen LogP contribution in [0.5, 0.6) is 0 Å². The predicted molar refractivity (Wildman–Crippen MR) is 214 cm³/mol. The molecule has 2 bridgehead atoms. The van der Waals surface area contributed by atoms with Crippen molar-refractivity contribution in [3.8, 4) is 0 Å². The molecule has 52 heavy (non-hydrogen) atoms. The van der Waals surface area contributed by atoms with Crippen LogP contribution in [0.1, 0.15) is 28.4 Å². The first-order valence-corrected chi connectivity index (χ1v) is 17.9. The molecule has 14 rings (SSSR count). The first-order valence-electron chi connectivity index (χ1n) is 17.9. The Morgan fingerprint density at radius 1 is 0.519 bits per heavy atom. The highest BCUT2D eigenvalue weighted by atomic mass is 15.3. The number of amidine groups is 1. The molecule has 0 saturated heterocycles. The maximum absolute atomic E-state index is 5.47. The van der Waals surface area contributed by atoms with Crippen LogP contribution in [0.15, 0.2) is 156 Å². The van der Waals surface area contributed by atoms with Crippen LogP contribution in [-0.4, -0.2) is 25.2 Å². The average Bonchev–Trinajstić information content (AvgIpc) is 3.83. The summed E-state index contributed by atoms with van der Waals surface area (Å²) in [4.78, 5) is 10.8. The first-order chi connectivity index (χ1) is 25.8. The lowest BCUT2D eigenvalue weighted by molar-refractivity contribution is 0.657. The quantitative estimate of drug-likeness (QED) is 0.197. The smallest absolute Gasteiger partial charge is 0.234 e. The lowest BCUT2D eigenvalue weighted by atomic mass is 9.87. The summed E-state index contributed by atoms with van der Waals surface area (Å²) < 4.78 is 7.31. The van der Waals surface area contributed by atoms with E-state index in [1.807, 2.05) is 0 Å². The second kappa shape index (κ2) is 9.44. The summed E-state index contributed by atoms with van der Waals surface area (Å²) in [5.41, 5.74) is 14.3. The van der Waals surface area contributed by atoms with Gasteiger partial charge in [0.1, 0.15) is 12.0 Å². The number of hydrogen-bond donors (Lipinski definition) is 1. The Labute approximate surface area is 296 Å². The van der Waals surface area contributed by atoms with Gasteiger partial charge in [0, 0.05) is 43.4 Å². The third-order valence-electron chi connectivity index (χ3n) is 11.6. The topological polar surface area (TPSA) is 50.5 Å². The van der Waals surface area contributed by atoms with Crippen LogP contribution in [0.25, 0.3) is 76.5 Å². The molecule has 1 N–H and O–H groups in total. The van der Waals surface area contributed by atoms with Gasteiger partial charge in [0.15, 0.2) is 0 Å². The van der Waals surface area contributed by atoms with Gasteiger partial charge in [0.05, 0.1) is 44.1 Å². The molecule has 1 unspecified atom stereocenters. The minimum atomic E-state index is -0.273. The van der Waals surface area contributed by atoms with E-state index in [1.54, 1.807) is 0 Å². The summed E-state index contributed by atoms with van der Waals surface area (Å²) in [5.74, 6) is 1.50. The molecule has 7 aromatic carbocycles. The zero-order chi connectivity index (χ0) is 33.7. The largest absolute Gasteiger partial charge is 0.344 e. The molecule has 6 heteroatoms. The van der Waals surface area contributed by atoms with Gasteiger partial charge in [-0.25, -0.2) is 4.99 Å². The van der Waals surface area contributed by atoms with Crippen LogP contribution in [0.2, 0.25) is 0 Å². The van der Waals surface area contributed by atoms with E-state index in [0.717, 1.165) is 39.9 Å². The van der Waals surface area contributed by atoms with Gasteiger partial charge >= 0.3 is 0 Å². The van der Waals surface area contributed by atoms with Gasteiger partial charge in [-0.2, -0.15) is 4.99 Å². The molecule has 1 atom stereocenters. The van der Waals surface area contributed by atoms with Gasteiger partial charge < -0.3 is 14.1 Å². The fourth-order valence-electron chi connectivity index (χ4n) is 9.36. The van der Waals surface area contributed by atoms with Crippen molar-refractivity contribution in [3.63, 3.8) is 0 Å². The Morgan fingerprint density at radius 2 is 1.08 bits per heavy atom. The molecule has 242 valence electrons. The minimum absolute atomic E-state index is 0.273. The molecule has 6 nitrogen and oxygen atoms in total. The Balaban J connectivity index is 1.27. The molecule has 1 aliphatic heterocycles. The van der Waals surface area contributed by atoms with Gasteiger partial charge in [-0.3, -0.25) is 4.57 Å². The van der Waals surface area contributed by atoms with Crippen molar-refractivity contribution in [1.82, 2.24) is 18.7 Å². The molecule has 3 aliphatic rings. The molecule has 2 aliphatic carbocycles. The van der Waals surface area contributed by atoms with Crippen LogP contribution in [0.3, 0.4) is 0 Å². The molecule has 0 spiro atoms. The minimum Gasteiger partial charge on any atom is -0.344 e. The average molecular weight is 665 g/mol. The van der Waals surface area contributed by atoms with Crippen LogP contribution in [0.4, 0.5) is 0 Å². The highest BCUT2D eigenvalue weighted by molar-refractivity contribution is 6.35. The first kappa shape index (κ1) is 26.9. The Morgan fingerprint density at radius 3 is 1.65 bits per heavy atom. The summed E-state index contributed by atoms with van der Waals surface area (Å²) >= 11 is 0. The van der Waals surface area contributed by atoms with E-state index >= 15 is 0 Å². The van der Waals surface area contributed by atoms with Gasteiger partial charge in [-0.15, -0.1) is 0 Å². The molecular formula is C46H28N6. The van der Waals surface area contributed by atoms with Crippen molar-refractivity contribution in [2.45, 2.75) is 12.6 Å². The van der Waals surface area contributed by atoms with Gasteiger partial charge in [-0.1, -0.05) is 109 Å². The predicted octanol–water partition coefficient (Wildman–Crippen LogP) is 10.2. The van der Waals surface area contributed by atoms with Gasteiger partial charge in [0.2, 0.25) is 5.96 Å². The monoisotopic (exact) mass is 664 g/mol. The van der Waals surface area contributed by atoms with E-state index in [9.17, 15) is 0 Å². The van der Waals surface area contributed by atoms with Crippen molar-refractivity contribution in [1.29, 1.82) is 0 Å². The Bertz CT molecular complexity index is 3240. The zero-order valence-electron chi connectivity index (χ0n) is 27.9. The molecule has 0 fully saturated rings. The fourth-order valence-corrected chi connectivity index (χ4v) is 9.36. The summed E-state index contributed by atoms with van der Waals surface area (Å²) in [6.45, 7) is 0. The summed E-state index contributed by atoms with van der Waals surface area (Å²) in [7, 11) is 0. The van der Waals surface area contributed by atoms with E-state index in [1.165, 1.54) is 71.1 Å². The van der Waals surface area contributed by atoms with Crippen molar-refractivity contribution in [3.05, 3.63) is 168 Å². The maximum atomic E-state index is 5.47. The number of para-hydroxylation sites is 4. The third-order valence-corrected chi connectivity index (χ3v) is 11.6. The molecule has 0 radical (unpaired) electrons. The molecular weight excluding hydrogens is 637 g/mol. The number of rotatable bonds is 2. The van der Waals surface area contributed by atoms with Gasteiger partial charge in [-0.05, 0) is 53.9 Å². The van der Waals surface area contributed by atoms with E-state index in [0.29, 0.717) is 5.96 Å². The number of hydrogen-bond acceptors (Lipinski definition) is 3. The fraction of sp³-hybridized carbons (Fsp3) is 0.0435. The van der Waals surface area contributed by atoms with Gasteiger partial charge in [0.25, 0.3) is 0 Å². The SMILES string of the molecule is c1ccc(C2=NC(n3c4ccc5c6ccccc6n6c7ccccc7n7c8ccccc8c8ccc3c(c4c56)c87)=NC(c3ccc4cc3C4)N2)cc1. The molecule has 5 heterocycles. The zero-order valence-corrected chi connectivity index (χ0v) is 27.9. The lowest BCUT2D eigenvalue weighted by Gasteiger charge is -2.28. The molecule has 0 saturated carbocycles. The van der Waals surface area contributed by atoms with Crippen molar-refractivity contribution in [2.24, 2.45) is 9.98 Å². The summed E-state index contributed by atoms with van der Waals surface area (Å²) in [5, 5.41) is 11.1. The summed E-state index contributed by atoms with van der Waals surface area (Å²) in [6, 6.07) is 52.9. The van der Waals surface area contributed by atoms with Crippen molar-refractivity contribution >= 4 is 88.2 Å².